The Labute approximate surface area is 189 Å². The molecule has 7 heteroatoms. The molecule has 0 bridgehead atoms. The predicted octanol–water partition coefficient (Wildman–Crippen LogP) is 5.70. The molecule has 164 valence electrons. The number of aryl methyl sites for hydroxylation is 2. The van der Waals surface area contributed by atoms with Crippen molar-refractivity contribution >= 4 is 22.1 Å². The maximum Gasteiger partial charge on any atom is 0.345 e. The van der Waals surface area contributed by atoms with Crippen LogP contribution in [0, 0.1) is 35.8 Å². The van der Waals surface area contributed by atoms with Crippen molar-refractivity contribution in [2.24, 2.45) is 0 Å². The Bertz CT molecular complexity index is 1160. The highest BCUT2D eigenvalue weighted by Crippen LogP contribution is 2.35. The number of rotatable bonds is 6. The minimum Gasteiger partial charge on any atom is -0.481 e. The van der Waals surface area contributed by atoms with Crippen LogP contribution in [-0.4, -0.2) is 23.1 Å². The van der Waals surface area contributed by atoms with Crippen LogP contribution in [0.25, 0.3) is 4.90 Å². The Morgan fingerprint density at radius 3 is 2.25 bits per heavy atom. The maximum absolute atomic E-state index is 12.4. The van der Waals surface area contributed by atoms with Crippen molar-refractivity contribution in [2.75, 3.05) is 6.61 Å². The van der Waals surface area contributed by atoms with E-state index in [1.54, 1.807) is 26.0 Å². The highest BCUT2D eigenvalue weighted by Gasteiger charge is 2.21. The number of nitro groups is 1. The molecule has 0 aliphatic heterocycles. The third kappa shape index (κ3) is 5.96. The summed E-state index contributed by atoms with van der Waals surface area (Å²) in [6.45, 7) is 7.05. The van der Waals surface area contributed by atoms with E-state index < -0.39 is 16.5 Å². The van der Waals surface area contributed by atoms with Crippen LogP contribution in [0.2, 0.25) is 0 Å². The van der Waals surface area contributed by atoms with Crippen LogP contribution >= 0.6 is 10.5 Å². The molecule has 0 aliphatic rings. The van der Waals surface area contributed by atoms with Crippen LogP contribution in [0.15, 0.2) is 59.3 Å². The molecule has 1 heterocycles. The summed E-state index contributed by atoms with van der Waals surface area (Å²) in [6.07, 6.45) is 0. The van der Waals surface area contributed by atoms with Gasteiger partial charge in [0.05, 0.1) is 4.92 Å². The normalized spacial score (nSPS) is 10.8. The molecule has 0 N–H and O–H groups in total. The number of benzene rings is 2. The lowest BCUT2D eigenvalue weighted by atomic mass is 10.1. The quantitative estimate of drug-likeness (QED) is 0.158. The number of carbonyl (C=O) groups excluding carboxylic acids is 1. The molecule has 0 saturated heterocycles. The molecule has 0 fully saturated rings. The molecule has 1 aromatic heterocycles. The molecule has 3 rings (SSSR count). The van der Waals surface area contributed by atoms with E-state index in [0.717, 1.165) is 11.1 Å². The zero-order valence-electron chi connectivity index (χ0n) is 18.4. The number of esters is 1. The standard InChI is InChI=1S/C25H24NO5S/c1-18-15-22(32-13-5-6-14-32)16-19(2)24(18)30-17-23(27)31-25(3,4)12-11-20-7-9-21(10-8-20)26(28)29/h5-10,13-16H,17H2,1-4H3/q+1. The molecule has 0 aliphatic carbocycles. The van der Waals surface area contributed by atoms with Crippen LogP contribution < -0.4 is 4.74 Å². The van der Waals surface area contributed by atoms with E-state index >= 15 is 0 Å². The van der Waals surface area contributed by atoms with Gasteiger partial charge < -0.3 is 9.47 Å². The Morgan fingerprint density at radius 1 is 1.09 bits per heavy atom. The molecule has 2 aromatic carbocycles. The summed E-state index contributed by atoms with van der Waals surface area (Å²) >= 11 is 0. The first-order chi connectivity index (χ1) is 15.1. The van der Waals surface area contributed by atoms with Gasteiger partial charge in [-0.2, -0.15) is 0 Å². The highest BCUT2D eigenvalue weighted by atomic mass is 32.2. The third-order valence-corrected chi connectivity index (χ3v) is 6.24. The van der Waals surface area contributed by atoms with E-state index in [0.29, 0.717) is 11.3 Å². The first kappa shape index (κ1) is 23.0. The van der Waals surface area contributed by atoms with Gasteiger partial charge in [0.25, 0.3) is 5.69 Å². The van der Waals surface area contributed by atoms with Crippen molar-refractivity contribution in [2.45, 2.75) is 33.3 Å². The Morgan fingerprint density at radius 2 is 1.69 bits per heavy atom. The highest BCUT2D eigenvalue weighted by molar-refractivity contribution is 7.36. The first-order valence-corrected chi connectivity index (χ1v) is 11.3. The number of non-ortho nitro benzene ring substituents is 1. The summed E-state index contributed by atoms with van der Waals surface area (Å²) in [4.78, 5) is 23.8. The van der Waals surface area contributed by atoms with Crippen LogP contribution in [-0.2, 0) is 9.53 Å². The monoisotopic (exact) mass is 450 g/mol. The maximum atomic E-state index is 12.4. The fraction of sp³-hybridized carbons (Fsp3) is 0.240. The van der Waals surface area contributed by atoms with Crippen molar-refractivity contribution in [3.05, 3.63) is 86.1 Å². The van der Waals surface area contributed by atoms with Crippen molar-refractivity contribution in [3.8, 4) is 22.5 Å². The second kappa shape index (κ2) is 9.67. The van der Waals surface area contributed by atoms with Gasteiger partial charge in [-0.05, 0) is 63.1 Å². The zero-order chi connectivity index (χ0) is 23.3. The van der Waals surface area contributed by atoms with Gasteiger partial charge in [0.15, 0.2) is 17.1 Å². The summed E-state index contributed by atoms with van der Waals surface area (Å²) in [5.74, 6) is 5.91. The average molecular weight is 451 g/mol. The second-order valence-corrected chi connectivity index (χ2v) is 9.50. The van der Waals surface area contributed by atoms with E-state index in [9.17, 15) is 14.9 Å². The summed E-state index contributed by atoms with van der Waals surface area (Å²) in [7, 11) is -0.0245. The summed E-state index contributed by atoms with van der Waals surface area (Å²) < 4.78 is 11.2. The van der Waals surface area contributed by atoms with Crippen molar-refractivity contribution < 1.29 is 19.2 Å². The minimum absolute atomic E-state index is 0.00588. The second-order valence-electron chi connectivity index (χ2n) is 7.74. The molecule has 3 aromatic rings. The van der Waals surface area contributed by atoms with Gasteiger partial charge >= 0.3 is 5.97 Å². The molecule has 0 atom stereocenters. The first-order valence-electron chi connectivity index (χ1n) is 9.95. The molecule has 32 heavy (non-hydrogen) atoms. The Hall–Kier alpha value is -3.63. The Kier molecular flexibility index (Phi) is 6.96. The van der Waals surface area contributed by atoms with E-state index in [4.69, 9.17) is 9.47 Å². The summed E-state index contributed by atoms with van der Waals surface area (Å²) in [5.41, 5.74) is 1.47. The van der Waals surface area contributed by atoms with Gasteiger partial charge in [-0.15, -0.1) is 0 Å². The van der Waals surface area contributed by atoms with Crippen LogP contribution in [0.5, 0.6) is 5.75 Å². The number of nitro benzene ring substituents is 1. The molecule has 0 radical (unpaired) electrons. The van der Waals surface area contributed by atoms with Crippen LogP contribution in [0.1, 0.15) is 30.5 Å². The average Bonchev–Trinajstić information content (AvgIpc) is 3.26. The SMILES string of the molecule is Cc1cc(-[s+]2cccc2)cc(C)c1OCC(=O)OC(C)(C)C#Cc1ccc([N+](=O)[O-])cc1. The summed E-state index contributed by atoms with van der Waals surface area (Å²) in [5, 5.41) is 15.0. The predicted molar refractivity (Wildman–Crippen MR) is 125 cm³/mol. The van der Waals surface area contributed by atoms with E-state index in [1.165, 1.54) is 17.0 Å². The smallest absolute Gasteiger partial charge is 0.345 e. The van der Waals surface area contributed by atoms with Crippen LogP contribution in [0.4, 0.5) is 5.69 Å². The molecule has 0 spiro atoms. The van der Waals surface area contributed by atoms with Gasteiger partial charge in [0, 0.05) is 40.3 Å². The summed E-state index contributed by atoms with van der Waals surface area (Å²) in [6, 6.07) is 14.1. The third-order valence-electron chi connectivity index (χ3n) is 4.56. The molecule has 0 saturated carbocycles. The number of nitrogens with zero attached hydrogens (tertiary/aromatic N) is 1. The van der Waals surface area contributed by atoms with Gasteiger partial charge in [0.1, 0.15) is 16.5 Å². The minimum atomic E-state index is -1.04. The molecular formula is C25H24NO5S+. The van der Waals surface area contributed by atoms with Crippen molar-refractivity contribution in [3.63, 3.8) is 0 Å². The fourth-order valence-electron chi connectivity index (χ4n) is 3.10. The lowest BCUT2D eigenvalue weighted by Gasteiger charge is -2.19. The molecular weight excluding hydrogens is 426 g/mol. The van der Waals surface area contributed by atoms with Gasteiger partial charge in [0.2, 0.25) is 0 Å². The van der Waals surface area contributed by atoms with Crippen LogP contribution in [0.3, 0.4) is 0 Å². The van der Waals surface area contributed by atoms with Gasteiger partial charge in [-0.3, -0.25) is 10.1 Å². The van der Waals surface area contributed by atoms with E-state index in [-0.39, 0.29) is 22.8 Å². The molecule has 6 nitrogen and oxygen atoms in total. The van der Waals surface area contributed by atoms with Crippen molar-refractivity contribution in [1.29, 1.82) is 0 Å². The number of hydrogen-bond donors (Lipinski definition) is 0. The van der Waals surface area contributed by atoms with E-state index in [2.05, 4.69) is 34.7 Å². The number of hydrogen-bond acceptors (Lipinski definition) is 5. The lowest BCUT2D eigenvalue weighted by molar-refractivity contribution is -0.384. The van der Waals surface area contributed by atoms with Crippen molar-refractivity contribution in [1.82, 2.24) is 0 Å². The number of ether oxygens (including phenoxy) is 2. The number of carbonyl (C=O) groups is 1. The molecule has 0 unspecified atom stereocenters. The van der Waals surface area contributed by atoms with E-state index in [1.807, 2.05) is 26.0 Å². The van der Waals surface area contributed by atoms with Gasteiger partial charge in [-0.25, -0.2) is 4.79 Å². The number of thiophene rings is 1. The largest absolute Gasteiger partial charge is 0.481 e. The molecule has 0 amide bonds. The topological polar surface area (TPSA) is 78.7 Å². The lowest BCUT2D eigenvalue weighted by Crippen LogP contribution is -2.29. The van der Waals surface area contributed by atoms with Gasteiger partial charge in [-0.1, -0.05) is 11.8 Å². The zero-order valence-corrected chi connectivity index (χ0v) is 19.2. The fourth-order valence-corrected chi connectivity index (χ4v) is 4.65. The Balaban J connectivity index is 1.61.